The van der Waals surface area contributed by atoms with Gasteiger partial charge in [-0.1, -0.05) is 0 Å². The molecule has 1 aliphatic carbocycles. The van der Waals surface area contributed by atoms with Crippen molar-refractivity contribution >= 4 is 39.7 Å². The molecule has 0 radical (unpaired) electrons. The predicted molar refractivity (Wildman–Crippen MR) is 163 cm³/mol. The van der Waals surface area contributed by atoms with Gasteiger partial charge in [-0.15, -0.1) is 0 Å². The van der Waals surface area contributed by atoms with Gasteiger partial charge in [0.05, 0.1) is 18.3 Å². The lowest BCUT2D eigenvalue weighted by Crippen LogP contribution is -2.50. The van der Waals surface area contributed by atoms with E-state index >= 15 is 0 Å². The van der Waals surface area contributed by atoms with Crippen molar-refractivity contribution in [1.29, 1.82) is 0 Å². The van der Waals surface area contributed by atoms with Gasteiger partial charge in [0.15, 0.2) is 5.82 Å². The molecule has 2 amide bonds. The van der Waals surface area contributed by atoms with Gasteiger partial charge in [0.1, 0.15) is 22.7 Å². The van der Waals surface area contributed by atoms with E-state index in [1.807, 2.05) is 39.6 Å². The van der Waals surface area contributed by atoms with Crippen molar-refractivity contribution in [3.05, 3.63) is 35.9 Å². The topological polar surface area (TPSA) is 112 Å². The number of ether oxygens (including phenoxy) is 1. The van der Waals surface area contributed by atoms with Crippen molar-refractivity contribution in [1.82, 2.24) is 24.0 Å². The van der Waals surface area contributed by atoms with Crippen LogP contribution in [0.1, 0.15) is 62.7 Å². The highest BCUT2D eigenvalue weighted by Crippen LogP contribution is 2.38. The summed E-state index contributed by atoms with van der Waals surface area (Å²) in [6.07, 6.45) is 5.62. The number of hydrogen-bond acceptors (Lipinski definition) is 6. The summed E-state index contributed by atoms with van der Waals surface area (Å²) in [6.45, 7) is 5.55. The maximum absolute atomic E-state index is 13.7. The summed E-state index contributed by atoms with van der Waals surface area (Å²) in [6, 6.07) is 10.1. The molecule has 3 aromatic heterocycles. The van der Waals surface area contributed by atoms with Gasteiger partial charge in [-0.3, -0.25) is 14.5 Å². The van der Waals surface area contributed by atoms with Crippen LogP contribution >= 0.6 is 0 Å². The highest BCUT2D eigenvalue weighted by Gasteiger charge is 2.32. The van der Waals surface area contributed by atoms with Crippen molar-refractivity contribution in [3.8, 4) is 17.3 Å². The number of methoxy groups -OCH3 is 1. The summed E-state index contributed by atoms with van der Waals surface area (Å²) in [5.41, 5.74) is 10.1. The number of aromatic nitrogens is 4. The third-order valence-electron chi connectivity index (χ3n) is 9.41. The van der Waals surface area contributed by atoms with Gasteiger partial charge in [-0.05, 0) is 82.2 Å². The average molecular weight is 570 g/mol. The minimum absolute atomic E-state index is 0.00783. The maximum Gasteiger partial charge on any atom is 0.254 e. The fourth-order valence-corrected chi connectivity index (χ4v) is 6.76. The number of fused-ring (bicyclic) bond motifs is 2. The molecule has 220 valence electrons. The van der Waals surface area contributed by atoms with Crippen LogP contribution in [0.4, 0.5) is 5.82 Å². The lowest BCUT2D eigenvalue weighted by atomic mass is 9.99. The molecule has 42 heavy (non-hydrogen) atoms. The Hall–Kier alpha value is -3.92. The second-order valence-corrected chi connectivity index (χ2v) is 12.5. The molecule has 0 spiro atoms. The molecule has 1 saturated carbocycles. The summed E-state index contributed by atoms with van der Waals surface area (Å²) in [7, 11) is 3.62. The van der Waals surface area contributed by atoms with Crippen molar-refractivity contribution in [2.45, 2.75) is 77.0 Å². The average Bonchev–Trinajstić information content (AvgIpc) is 3.53. The van der Waals surface area contributed by atoms with Crippen LogP contribution in [0, 0.1) is 5.92 Å². The van der Waals surface area contributed by atoms with E-state index < -0.39 is 0 Å². The smallest absolute Gasteiger partial charge is 0.254 e. The van der Waals surface area contributed by atoms with E-state index in [1.165, 1.54) is 12.8 Å². The maximum atomic E-state index is 13.7. The highest BCUT2D eigenvalue weighted by atomic mass is 16.5. The summed E-state index contributed by atoms with van der Waals surface area (Å²) >= 11 is 0. The molecule has 2 N–H and O–H groups in total. The van der Waals surface area contributed by atoms with E-state index in [4.69, 9.17) is 20.4 Å². The lowest BCUT2D eigenvalue weighted by Gasteiger charge is -2.36. The zero-order valence-electron chi connectivity index (χ0n) is 24.8. The van der Waals surface area contributed by atoms with Crippen LogP contribution in [-0.4, -0.2) is 67.6 Å². The van der Waals surface area contributed by atoms with Gasteiger partial charge in [0.2, 0.25) is 5.91 Å². The number of nitrogens with zero attached hydrogens (tertiary/aromatic N) is 6. The second-order valence-electron chi connectivity index (χ2n) is 12.5. The zero-order chi connectivity index (χ0) is 29.3. The van der Waals surface area contributed by atoms with Gasteiger partial charge in [-0.25, -0.2) is 9.97 Å². The molecule has 2 aliphatic heterocycles. The van der Waals surface area contributed by atoms with Crippen LogP contribution in [-0.2, 0) is 18.4 Å². The number of rotatable bonds is 6. The molecule has 1 unspecified atom stereocenters. The second kappa shape index (κ2) is 10.1. The van der Waals surface area contributed by atoms with E-state index in [0.29, 0.717) is 41.5 Å². The fourth-order valence-electron chi connectivity index (χ4n) is 6.76. The third kappa shape index (κ3) is 4.43. The monoisotopic (exact) mass is 569 g/mol. The number of carbonyl (C=O) groups is 2. The molecule has 1 aromatic carbocycles. The molecule has 3 aliphatic rings. The van der Waals surface area contributed by atoms with Crippen LogP contribution in [0.2, 0.25) is 0 Å². The van der Waals surface area contributed by atoms with Gasteiger partial charge in [-0.2, -0.15) is 0 Å². The molecule has 5 heterocycles. The molecule has 4 aromatic rings. The number of carbonyl (C=O) groups excluding carboxylic acids is 2. The molecule has 3 fully saturated rings. The molecule has 7 rings (SSSR count). The van der Waals surface area contributed by atoms with E-state index in [0.717, 1.165) is 53.9 Å². The number of benzene rings is 1. The van der Waals surface area contributed by atoms with E-state index in [1.54, 1.807) is 7.11 Å². The minimum atomic E-state index is -0.0460. The van der Waals surface area contributed by atoms with Crippen molar-refractivity contribution < 1.29 is 14.3 Å². The fraction of sp³-hybridized carbons (Fsp3) is 0.500. The first kappa shape index (κ1) is 26.9. The number of hydrogen-bond donors (Lipinski definition) is 1. The van der Waals surface area contributed by atoms with Gasteiger partial charge < -0.3 is 24.5 Å². The lowest BCUT2D eigenvalue weighted by molar-refractivity contribution is -0.117. The van der Waals surface area contributed by atoms with Gasteiger partial charge in [0.25, 0.3) is 5.91 Å². The van der Waals surface area contributed by atoms with Gasteiger partial charge in [0, 0.05) is 55.6 Å². The normalized spacial score (nSPS) is 23.0. The number of piperidine rings is 1. The van der Waals surface area contributed by atoms with E-state index in [9.17, 15) is 9.59 Å². The number of aryl methyl sites for hydroxylation is 1. The number of nitrogens with two attached hydrogens (primary N) is 1. The van der Waals surface area contributed by atoms with Crippen LogP contribution in [0.3, 0.4) is 0 Å². The molecule has 10 heteroatoms. The van der Waals surface area contributed by atoms with Crippen molar-refractivity contribution in [2.75, 3.05) is 18.6 Å². The van der Waals surface area contributed by atoms with Crippen LogP contribution < -0.4 is 15.4 Å². The summed E-state index contributed by atoms with van der Waals surface area (Å²) in [5, 5.41) is 1.01. The minimum Gasteiger partial charge on any atom is -0.494 e. The Labute approximate surface area is 245 Å². The standard InChI is InChI=1S/C32H39N7O3/c1-18-5-10-23(33)17-37(18)32(41)22-13-24-29(26(15-22)42-4)36(3)31(34-24)25-14-21-9-11-27(39-19(2)6-12-28(39)40)35-30(21)38(25)16-20-7-8-20/h9,11,13-15,18-20,23H,5-8,10,12,16-17,33H2,1-4H3/t18-,19?,23+/m0/s1. The quantitative estimate of drug-likeness (QED) is 0.367. The highest BCUT2D eigenvalue weighted by molar-refractivity contribution is 6.00. The van der Waals surface area contributed by atoms with Crippen LogP contribution in [0.15, 0.2) is 30.3 Å². The Balaban J connectivity index is 1.34. The number of amides is 2. The Kier molecular flexibility index (Phi) is 6.49. The largest absolute Gasteiger partial charge is 0.494 e. The first-order valence-electron chi connectivity index (χ1n) is 15.2. The first-order valence-corrected chi connectivity index (χ1v) is 15.2. The Morgan fingerprint density at radius 2 is 1.86 bits per heavy atom. The Morgan fingerprint density at radius 3 is 2.57 bits per heavy atom. The Bertz CT molecular complexity index is 1720. The summed E-state index contributed by atoms with van der Waals surface area (Å²) < 4.78 is 10.1. The van der Waals surface area contributed by atoms with E-state index in [-0.39, 0.29) is 29.9 Å². The zero-order valence-corrected chi connectivity index (χ0v) is 24.8. The van der Waals surface area contributed by atoms with Crippen LogP contribution in [0.25, 0.3) is 33.6 Å². The predicted octanol–water partition coefficient (Wildman–Crippen LogP) is 4.48. The third-order valence-corrected chi connectivity index (χ3v) is 9.41. The molecule has 2 saturated heterocycles. The Morgan fingerprint density at radius 1 is 1.05 bits per heavy atom. The summed E-state index contributed by atoms with van der Waals surface area (Å²) in [4.78, 5) is 40.2. The number of pyridine rings is 1. The SMILES string of the molecule is COc1cc(C(=O)N2C[C@H](N)CC[C@@H]2C)cc2nc(-c3cc4ccc(N5C(=O)CCC5C)nc4n3CC3CC3)n(C)c12. The van der Waals surface area contributed by atoms with Crippen molar-refractivity contribution in [3.63, 3.8) is 0 Å². The molecule has 10 nitrogen and oxygen atoms in total. The molecule has 0 bridgehead atoms. The number of imidazole rings is 1. The van der Waals surface area contributed by atoms with Crippen molar-refractivity contribution in [2.24, 2.45) is 18.7 Å². The molecule has 3 atom stereocenters. The molecular weight excluding hydrogens is 530 g/mol. The van der Waals surface area contributed by atoms with Crippen LogP contribution in [0.5, 0.6) is 5.75 Å². The number of anilines is 1. The molecular formula is C32H39N7O3. The van der Waals surface area contributed by atoms with E-state index in [2.05, 4.69) is 30.5 Å². The van der Waals surface area contributed by atoms with Gasteiger partial charge >= 0.3 is 0 Å². The number of likely N-dealkylation sites (tertiary alicyclic amines) is 1. The first-order chi connectivity index (χ1) is 20.2. The summed E-state index contributed by atoms with van der Waals surface area (Å²) in [5.74, 6) is 2.79.